The Balaban J connectivity index is 2.13. The summed E-state index contributed by atoms with van der Waals surface area (Å²) in [7, 11) is -3.72. The van der Waals surface area contributed by atoms with Gasteiger partial charge in [-0.25, -0.2) is 13.6 Å². The van der Waals surface area contributed by atoms with E-state index in [1.807, 2.05) is 37.3 Å². The number of nitrogens with two attached hydrogens (primary N) is 1. The monoisotopic (exact) mass is 360 g/mol. The van der Waals surface area contributed by atoms with Gasteiger partial charge < -0.3 is 4.52 Å². The zero-order valence-corrected chi connectivity index (χ0v) is 14.6. The summed E-state index contributed by atoms with van der Waals surface area (Å²) in [4.78, 5) is 0.0775. The lowest BCUT2D eigenvalue weighted by Gasteiger charge is -2.05. The zero-order valence-electron chi connectivity index (χ0n) is 13.0. The molecule has 2 aromatic carbocycles. The van der Waals surface area contributed by atoms with Crippen molar-refractivity contribution >= 4 is 21.8 Å². The third-order valence-electron chi connectivity index (χ3n) is 3.45. The lowest BCUT2D eigenvalue weighted by atomic mass is 10.0. The molecule has 24 heavy (non-hydrogen) atoms. The minimum Gasteiger partial charge on any atom is -0.349 e. The number of aromatic nitrogens is 1. The van der Waals surface area contributed by atoms with Crippen molar-refractivity contribution in [1.82, 2.24) is 5.16 Å². The van der Waals surface area contributed by atoms with Crippen LogP contribution in [0.15, 0.2) is 69.1 Å². The maximum Gasteiger partial charge on any atom is 0.238 e. The van der Waals surface area contributed by atoms with Crippen molar-refractivity contribution in [2.24, 2.45) is 5.14 Å². The van der Waals surface area contributed by atoms with Gasteiger partial charge in [-0.1, -0.05) is 66.3 Å². The Kier molecular flexibility index (Phi) is 4.75. The summed E-state index contributed by atoms with van der Waals surface area (Å²) in [5.41, 5.74) is 3.36. The molecule has 2 N–H and O–H groups in total. The number of hydrogen-bond donors (Lipinski definition) is 1. The fourth-order valence-corrected chi connectivity index (χ4v) is 3.59. The van der Waals surface area contributed by atoms with Crippen molar-refractivity contribution in [2.75, 3.05) is 5.75 Å². The largest absolute Gasteiger partial charge is 0.349 e. The van der Waals surface area contributed by atoms with Crippen molar-refractivity contribution in [1.29, 1.82) is 0 Å². The quantitative estimate of drug-likeness (QED) is 0.700. The highest BCUT2D eigenvalue weighted by atomic mass is 32.2. The van der Waals surface area contributed by atoms with Crippen LogP contribution < -0.4 is 5.14 Å². The summed E-state index contributed by atoms with van der Waals surface area (Å²) < 4.78 is 28.4. The number of rotatable bonds is 5. The highest BCUT2D eigenvalue weighted by molar-refractivity contribution is 7.99. The average molecular weight is 360 g/mol. The summed E-state index contributed by atoms with van der Waals surface area (Å²) in [5, 5.41) is 10.1. The van der Waals surface area contributed by atoms with Crippen LogP contribution in [0, 0.1) is 0 Å². The lowest BCUT2D eigenvalue weighted by Crippen LogP contribution is -2.11. The zero-order chi connectivity index (χ0) is 17.2. The van der Waals surface area contributed by atoms with Crippen LogP contribution >= 0.6 is 11.8 Å². The van der Waals surface area contributed by atoms with Gasteiger partial charge in [-0.15, -0.1) is 0 Å². The summed E-state index contributed by atoms with van der Waals surface area (Å²) in [6.07, 6.45) is 0. The van der Waals surface area contributed by atoms with E-state index in [9.17, 15) is 8.42 Å². The first-order valence-corrected chi connectivity index (χ1v) is 9.85. The highest BCUT2D eigenvalue weighted by Gasteiger charge is 2.20. The van der Waals surface area contributed by atoms with Gasteiger partial charge in [-0.3, -0.25) is 0 Å². The normalized spacial score (nSPS) is 11.6. The maximum absolute atomic E-state index is 11.4. The second-order valence-electron chi connectivity index (χ2n) is 5.06. The Morgan fingerprint density at radius 3 is 2.29 bits per heavy atom. The first-order valence-electron chi connectivity index (χ1n) is 7.32. The predicted molar refractivity (Wildman–Crippen MR) is 95.1 cm³/mol. The van der Waals surface area contributed by atoms with E-state index in [2.05, 4.69) is 5.16 Å². The van der Waals surface area contributed by atoms with Gasteiger partial charge in [0.2, 0.25) is 15.1 Å². The molecule has 0 unspecified atom stereocenters. The van der Waals surface area contributed by atoms with Crippen molar-refractivity contribution < 1.29 is 12.9 Å². The van der Waals surface area contributed by atoms with Gasteiger partial charge in [0, 0.05) is 5.56 Å². The summed E-state index contributed by atoms with van der Waals surface area (Å²) in [5.74, 6) is 0.839. The van der Waals surface area contributed by atoms with Gasteiger partial charge >= 0.3 is 0 Å². The third-order valence-corrected chi connectivity index (χ3v) is 5.21. The molecule has 0 fully saturated rings. The van der Waals surface area contributed by atoms with Gasteiger partial charge in [0.1, 0.15) is 5.69 Å². The van der Waals surface area contributed by atoms with Crippen LogP contribution in [0.1, 0.15) is 6.92 Å². The van der Waals surface area contributed by atoms with Crippen LogP contribution in [-0.4, -0.2) is 19.3 Å². The SMILES string of the molecule is CCSc1onc(-c2ccccc2)c1-c1ccc(S(N)(=O)=O)cc1. The number of primary sulfonamides is 1. The summed E-state index contributed by atoms with van der Waals surface area (Å²) in [6, 6.07) is 16.2. The second kappa shape index (κ2) is 6.80. The van der Waals surface area contributed by atoms with Gasteiger partial charge in [0.25, 0.3) is 0 Å². The van der Waals surface area contributed by atoms with E-state index in [1.54, 1.807) is 23.9 Å². The molecule has 0 spiro atoms. The molecule has 1 heterocycles. The molecule has 0 aliphatic carbocycles. The van der Waals surface area contributed by atoms with E-state index >= 15 is 0 Å². The number of thioether (sulfide) groups is 1. The van der Waals surface area contributed by atoms with Crippen molar-refractivity contribution in [2.45, 2.75) is 16.9 Å². The first kappa shape index (κ1) is 16.8. The lowest BCUT2D eigenvalue weighted by molar-refractivity contribution is 0.352. The Labute approximate surface area is 144 Å². The first-order chi connectivity index (χ1) is 11.5. The molecule has 0 saturated carbocycles. The second-order valence-corrected chi connectivity index (χ2v) is 7.86. The molecule has 0 saturated heterocycles. The summed E-state index contributed by atoms with van der Waals surface area (Å²) in [6.45, 7) is 2.03. The molecule has 0 amide bonds. The maximum atomic E-state index is 11.4. The molecule has 7 heteroatoms. The van der Waals surface area contributed by atoms with Crippen molar-refractivity contribution in [3.05, 3.63) is 54.6 Å². The van der Waals surface area contributed by atoms with Gasteiger partial charge in [0.05, 0.1) is 10.5 Å². The molecule has 0 aliphatic rings. The number of hydrogen-bond acceptors (Lipinski definition) is 5. The van der Waals surface area contributed by atoms with Crippen molar-refractivity contribution in [3.8, 4) is 22.4 Å². The Hall–Kier alpha value is -2.09. The van der Waals surface area contributed by atoms with Gasteiger partial charge in [-0.05, 0) is 23.4 Å². The third kappa shape index (κ3) is 3.38. The molecule has 0 radical (unpaired) electrons. The van der Waals surface area contributed by atoms with Gasteiger partial charge in [-0.2, -0.15) is 0 Å². The summed E-state index contributed by atoms with van der Waals surface area (Å²) >= 11 is 1.55. The smallest absolute Gasteiger partial charge is 0.238 e. The van der Waals surface area contributed by atoms with Gasteiger partial charge in [0.15, 0.2) is 0 Å². The van der Waals surface area contributed by atoms with Crippen molar-refractivity contribution in [3.63, 3.8) is 0 Å². The van der Waals surface area contributed by atoms with E-state index < -0.39 is 10.0 Å². The van der Waals surface area contributed by atoms with Crippen LogP contribution in [0.4, 0.5) is 0 Å². The highest BCUT2D eigenvalue weighted by Crippen LogP contribution is 2.39. The molecule has 5 nitrogen and oxygen atoms in total. The van der Waals surface area contributed by atoms with E-state index in [1.165, 1.54) is 12.1 Å². The molecule has 1 aromatic heterocycles. The topological polar surface area (TPSA) is 86.2 Å². The molecule has 3 aromatic rings. The number of nitrogens with zero attached hydrogens (tertiary/aromatic N) is 1. The minimum absolute atomic E-state index is 0.0775. The molecular formula is C17H16N2O3S2. The standard InChI is InChI=1S/C17H16N2O3S2/c1-2-23-17-15(12-8-10-14(11-9-12)24(18,20)21)16(19-22-17)13-6-4-3-5-7-13/h3-11H,2H2,1H3,(H2,18,20,21). The molecule has 3 rings (SSSR count). The molecule has 0 atom stereocenters. The van der Waals surface area contributed by atoms with E-state index in [4.69, 9.17) is 9.66 Å². The predicted octanol–water partition coefficient (Wildman–Crippen LogP) is 3.77. The van der Waals surface area contributed by atoms with Crippen LogP contribution in [0.5, 0.6) is 0 Å². The fraction of sp³-hybridized carbons (Fsp3) is 0.118. The van der Waals surface area contributed by atoms with Crippen LogP contribution in [0.25, 0.3) is 22.4 Å². The molecule has 0 aliphatic heterocycles. The average Bonchev–Trinajstić information content (AvgIpc) is 2.99. The van der Waals surface area contributed by atoms with Crippen LogP contribution in [0.2, 0.25) is 0 Å². The Morgan fingerprint density at radius 2 is 1.71 bits per heavy atom. The number of benzene rings is 2. The number of sulfonamides is 1. The molecule has 0 bridgehead atoms. The van der Waals surface area contributed by atoms with E-state index in [-0.39, 0.29) is 4.90 Å². The minimum atomic E-state index is -3.72. The van der Waals surface area contributed by atoms with E-state index in [0.29, 0.717) is 5.09 Å². The van der Waals surface area contributed by atoms with Crippen LogP contribution in [-0.2, 0) is 10.0 Å². The fourth-order valence-electron chi connectivity index (χ4n) is 2.36. The Morgan fingerprint density at radius 1 is 1.04 bits per heavy atom. The van der Waals surface area contributed by atoms with E-state index in [0.717, 1.165) is 28.1 Å². The molecular weight excluding hydrogens is 344 g/mol. The molecule has 124 valence electrons. The van der Waals surface area contributed by atoms with Crippen LogP contribution in [0.3, 0.4) is 0 Å². The Bertz CT molecular complexity index is 934.